The molecule has 0 saturated carbocycles. The van der Waals surface area contributed by atoms with Gasteiger partial charge in [0.1, 0.15) is 11.2 Å². The van der Waals surface area contributed by atoms with E-state index in [0.717, 1.165) is 39.0 Å². The van der Waals surface area contributed by atoms with E-state index in [0.29, 0.717) is 0 Å². The van der Waals surface area contributed by atoms with E-state index in [1.54, 1.807) is 0 Å². The van der Waals surface area contributed by atoms with Gasteiger partial charge in [-0.25, -0.2) is 0 Å². The number of nitrogens with zero attached hydrogens (tertiary/aromatic N) is 1. The molecule has 0 spiro atoms. The molecule has 0 saturated heterocycles. The number of rotatable bonds is 5. The Morgan fingerprint density at radius 2 is 0.929 bits per heavy atom. The summed E-state index contributed by atoms with van der Waals surface area (Å²) in [5, 5.41) is 2.24. The molecule has 0 bridgehead atoms. The van der Waals surface area contributed by atoms with Gasteiger partial charge in [0.15, 0.2) is 0 Å². The predicted octanol–water partition coefficient (Wildman–Crippen LogP) is 15.0. The van der Waals surface area contributed by atoms with E-state index in [4.69, 9.17) is 4.42 Å². The Morgan fingerprint density at radius 1 is 0.375 bits per heavy atom. The Balaban J connectivity index is 1.17. The summed E-state index contributed by atoms with van der Waals surface area (Å²) in [5.41, 5.74) is 20.4. The summed E-state index contributed by atoms with van der Waals surface area (Å²) in [4.78, 5) is 2.45. The molecule has 0 fully saturated rings. The number of para-hydroxylation sites is 3. The second kappa shape index (κ2) is 11.9. The van der Waals surface area contributed by atoms with Crippen molar-refractivity contribution in [2.24, 2.45) is 0 Å². The molecule has 0 radical (unpaired) electrons. The zero-order chi connectivity index (χ0) is 37.8. The van der Waals surface area contributed by atoms with Crippen LogP contribution in [-0.4, -0.2) is 0 Å². The van der Waals surface area contributed by atoms with Gasteiger partial charge in [-0.3, -0.25) is 0 Å². The van der Waals surface area contributed by atoms with Crippen LogP contribution in [-0.2, 0) is 10.8 Å². The summed E-state index contributed by atoms with van der Waals surface area (Å²) >= 11 is 0. The minimum absolute atomic E-state index is 0.0555. The van der Waals surface area contributed by atoms with Crippen molar-refractivity contribution in [1.29, 1.82) is 0 Å². The average molecular weight is 720 g/mol. The van der Waals surface area contributed by atoms with Crippen molar-refractivity contribution in [1.82, 2.24) is 0 Å². The van der Waals surface area contributed by atoms with Crippen LogP contribution in [0.3, 0.4) is 0 Å². The lowest BCUT2D eigenvalue weighted by Crippen LogP contribution is -2.15. The van der Waals surface area contributed by atoms with Gasteiger partial charge in [-0.15, -0.1) is 0 Å². The van der Waals surface area contributed by atoms with Gasteiger partial charge in [0.05, 0.1) is 11.4 Å². The highest BCUT2D eigenvalue weighted by Crippen LogP contribution is 2.55. The maximum Gasteiger partial charge on any atom is 0.137 e. The molecule has 8 aromatic carbocycles. The maximum absolute atomic E-state index is 6.54. The largest absolute Gasteiger partial charge is 0.456 e. The minimum atomic E-state index is -0.101. The standard InChI is InChI=1S/C54H41NO/c1-53(2)44-22-10-5-17-37(44)43-32-34(28-31-46(43)53)36-16-7-12-25-48(36)55(35-29-30-40-39-19-9-14-27-50(39)56-51(40)33-35)49-26-13-8-18-38(49)41-21-15-24-47-52(41)42-20-6-11-23-45(42)54(47,3)4/h5-33H,1-4H3. The van der Waals surface area contributed by atoms with Gasteiger partial charge < -0.3 is 9.32 Å². The molecule has 0 atom stereocenters. The fourth-order valence-electron chi connectivity index (χ4n) is 9.94. The van der Waals surface area contributed by atoms with Gasteiger partial charge in [0, 0.05) is 44.5 Å². The molecule has 0 N–H and O–H groups in total. The van der Waals surface area contributed by atoms with E-state index < -0.39 is 0 Å². The molecule has 0 aliphatic heterocycles. The van der Waals surface area contributed by atoms with Crippen LogP contribution in [0.1, 0.15) is 49.9 Å². The van der Waals surface area contributed by atoms with Gasteiger partial charge >= 0.3 is 0 Å². The van der Waals surface area contributed by atoms with Gasteiger partial charge in [0.2, 0.25) is 0 Å². The number of hydrogen-bond acceptors (Lipinski definition) is 2. The lowest BCUT2D eigenvalue weighted by atomic mass is 9.82. The van der Waals surface area contributed by atoms with Crippen molar-refractivity contribution >= 4 is 39.0 Å². The number of hydrogen-bond donors (Lipinski definition) is 0. The highest BCUT2D eigenvalue weighted by molar-refractivity contribution is 6.07. The van der Waals surface area contributed by atoms with Crippen molar-refractivity contribution in [3.8, 4) is 44.5 Å². The van der Waals surface area contributed by atoms with E-state index in [1.807, 2.05) is 6.07 Å². The number of furan rings is 1. The quantitative estimate of drug-likeness (QED) is 0.176. The van der Waals surface area contributed by atoms with Gasteiger partial charge in [-0.2, -0.15) is 0 Å². The SMILES string of the molecule is CC1(C)c2ccccc2-c2cc(-c3ccccc3N(c3ccc4c(c3)oc3ccccc34)c3ccccc3-c3cccc4c3-c3ccccc3C4(C)C)ccc21. The fourth-order valence-corrected chi connectivity index (χ4v) is 9.94. The average Bonchev–Trinajstić information content (AvgIpc) is 3.80. The molecule has 2 aliphatic carbocycles. The van der Waals surface area contributed by atoms with E-state index >= 15 is 0 Å². The Labute approximate surface area is 328 Å². The van der Waals surface area contributed by atoms with Gasteiger partial charge in [-0.05, 0) is 92.0 Å². The molecule has 2 heteroatoms. The van der Waals surface area contributed by atoms with Crippen LogP contribution in [0.15, 0.2) is 180 Å². The molecule has 0 unspecified atom stereocenters. The Kier molecular flexibility index (Phi) is 6.98. The predicted molar refractivity (Wildman–Crippen MR) is 234 cm³/mol. The van der Waals surface area contributed by atoms with Crippen molar-refractivity contribution in [2.75, 3.05) is 4.90 Å². The summed E-state index contributed by atoms with van der Waals surface area (Å²) < 4.78 is 6.54. The zero-order valence-electron chi connectivity index (χ0n) is 32.1. The van der Waals surface area contributed by atoms with Crippen LogP contribution in [0.4, 0.5) is 17.1 Å². The Hall–Kier alpha value is -6.64. The third-order valence-electron chi connectivity index (χ3n) is 12.7. The topological polar surface area (TPSA) is 16.4 Å². The zero-order valence-corrected chi connectivity index (χ0v) is 32.1. The van der Waals surface area contributed by atoms with Crippen LogP contribution >= 0.6 is 0 Å². The summed E-state index contributed by atoms with van der Waals surface area (Å²) in [6.07, 6.45) is 0. The lowest BCUT2D eigenvalue weighted by Gasteiger charge is -2.30. The molecule has 1 heterocycles. The molecule has 268 valence electrons. The monoisotopic (exact) mass is 719 g/mol. The normalized spacial score (nSPS) is 14.4. The van der Waals surface area contributed by atoms with Crippen LogP contribution in [0.5, 0.6) is 0 Å². The molecular formula is C54H41NO. The minimum Gasteiger partial charge on any atom is -0.456 e. The molecule has 11 rings (SSSR count). The van der Waals surface area contributed by atoms with E-state index in [2.05, 4.69) is 202 Å². The van der Waals surface area contributed by atoms with Crippen molar-refractivity contribution in [2.45, 2.75) is 38.5 Å². The molecule has 2 nitrogen and oxygen atoms in total. The first-order chi connectivity index (χ1) is 27.3. The van der Waals surface area contributed by atoms with Gasteiger partial charge in [0.25, 0.3) is 0 Å². The van der Waals surface area contributed by atoms with Gasteiger partial charge in [-0.1, -0.05) is 161 Å². The first-order valence-corrected chi connectivity index (χ1v) is 19.7. The molecule has 1 aromatic heterocycles. The summed E-state index contributed by atoms with van der Waals surface area (Å²) in [7, 11) is 0. The molecule has 9 aromatic rings. The third-order valence-corrected chi connectivity index (χ3v) is 12.7. The Morgan fingerprint density at radius 3 is 1.73 bits per heavy atom. The highest BCUT2D eigenvalue weighted by Gasteiger charge is 2.38. The molecule has 2 aliphatic rings. The van der Waals surface area contributed by atoms with E-state index in [-0.39, 0.29) is 10.8 Å². The fraction of sp³-hybridized carbons (Fsp3) is 0.111. The Bertz CT molecular complexity index is 3050. The summed E-state index contributed by atoms with van der Waals surface area (Å²) in [6.45, 7) is 9.40. The van der Waals surface area contributed by atoms with Crippen LogP contribution in [0.25, 0.3) is 66.4 Å². The highest BCUT2D eigenvalue weighted by atomic mass is 16.3. The first kappa shape index (κ1) is 32.8. The second-order valence-corrected chi connectivity index (χ2v) is 16.5. The van der Waals surface area contributed by atoms with Crippen LogP contribution in [0.2, 0.25) is 0 Å². The number of fused-ring (bicyclic) bond motifs is 9. The van der Waals surface area contributed by atoms with Crippen LogP contribution in [0, 0.1) is 0 Å². The maximum atomic E-state index is 6.54. The van der Waals surface area contributed by atoms with Crippen LogP contribution < -0.4 is 4.90 Å². The first-order valence-electron chi connectivity index (χ1n) is 19.7. The molecular weight excluding hydrogens is 679 g/mol. The molecule has 56 heavy (non-hydrogen) atoms. The van der Waals surface area contributed by atoms with E-state index in [1.165, 1.54) is 66.8 Å². The van der Waals surface area contributed by atoms with E-state index in [9.17, 15) is 0 Å². The second-order valence-electron chi connectivity index (χ2n) is 16.5. The number of benzene rings is 8. The van der Waals surface area contributed by atoms with Crippen molar-refractivity contribution in [3.63, 3.8) is 0 Å². The number of anilines is 3. The lowest BCUT2D eigenvalue weighted by molar-refractivity contribution is 0.660. The summed E-state index contributed by atoms with van der Waals surface area (Å²) in [5.74, 6) is 0. The van der Waals surface area contributed by atoms with Crippen molar-refractivity contribution in [3.05, 3.63) is 198 Å². The smallest absolute Gasteiger partial charge is 0.137 e. The van der Waals surface area contributed by atoms with Crippen molar-refractivity contribution < 1.29 is 4.42 Å². The third kappa shape index (κ3) is 4.62. The summed E-state index contributed by atoms with van der Waals surface area (Å²) in [6, 6.07) is 64.6. The molecule has 0 amide bonds.